The molecule has 3 aromatic carbocycles. The molecule has 1 amide bonds. The number of rotatable bonds is 6. The highest BCUT2D eigenvalue weighted by atomic mass is 19.1. The third kappa shape index (κ3) is 5.40. The molecule has 1 aliphatic heterocycles. The average Bonchev–Trinajstić information content (AvgIpc) is 3.40. The second-order valence-electron chi connectivity index (χ2n) is 9.12. The Morgan fingerprint density at radius 3 is 2.51 bits per heavy atom. The van der Waals surface area contributed by atoms with Gasteiger partial charge in [0.2, 0.25) is 0 Å². The summed E-state index contributed by atoms with van der Waals surface area (Å²) in [6.07, 6.45) is 1.82. The zero-order valence-corrected chi connectivity index (χ0v) is 20.4. The van der Waals surface area contributed by atoms with Gasteiger partial charge in [0, 0.05) is 29.3 Å². The number of carbonyl (C=O) groups is 1. The van der Waals surface area contributed by atoms with Crippen molar-refractivity contribution < 1.29 is 18.4 Å². The van der Waals surface area contributed by atoms with Crippen LogP contribution in [0, 0.1) is 18.6 Å². The lowest BCUT2D eigenvalue weighted by molar-refractivity contribution is 0.0826. The van der Waals surface area contributed by atoms with Crippen LogP contribution in [0.5, 0.6) is 0 Å². The number of amides is 1. The first-order valence-corrected chi connectivity index (χ1v) is 12.0. The molecule has 0 bridgehead atoms. The van der Waals surface area contributed by atoms with Crippen LogP contribution in [0.3, 0.4) is 0 Å². The van der Waals surface area contributed by atoms with Crippen molar-refractivity contribution in [1.82, 2.24) is 10.3 Å². The first-order valence-electron chi connectivity index (χ1n) is 12.0. The lowest BCUT2D eigenvalue weighted by Gasteiger charge is -2.16. The maximum atomic E-state index is 14.9. The third-order valence-electron chi connectivity index (χ3n) is 6.37. The maximum absolute atomic E-state index is 14.9. The maximum Gasteiger partial charge on any atom is 0.251 e. The van der Waals surface area contributed by atoms with Crippen molar-refractivity contribution in [3.8, 4) is 11.1 Å². The zero-order valence-electron chi connectivity index (χ0n) is 20.4. The van der Waals surface area contributed by atoms with Crippen LogP contribution >= 0.6 is 0 Å². The minimum absolute atomic E-state index is 0.340. The van der Waals surface area contributed by atoms with Gasteiger partial charge in [0.15, 0.2) is 6.10 Å². The lowest BCUT2D eigenvalue weighted by Crippen LogP contribution is -2.27. The van der Waals surface area contributed by atoms with E-state index < -0.39 is 0 Å². The minimum Gasteiger partial charge on any atom is -0.385 e. The molecule has 37 heavy (non-hydrogen) atoms. The number of pyridine rings is 1. The number of oxime groups is 1. The number of hydrogen-bond donors (Lipinski definition) is 1. The van der Waals surface area contributed by atoms with Gasteiger partial charge in [-0.1, -0.05) is 35.5 Å². The molecule has 186 valence electrons. The molecule has 4 aromatic rings. The first kappa shape index (κ1) is 24.3. The minimum atomic E-state index is -0.376. The average molecular weight is 498 g/mol. The van der Waals surface area contributed by atoms with Crippen LogP contribution in [-0.2, 0) is 4.84 Å². The molecule has 1 aromatic heterocycles. The summed E-state index contributed by atoms with van der Waals surface area (Å²) in [5, 5.41) is 7.22. The topological polar surface area (TPSA) is 63.6 Å². The van der Waals surface area contributed by atoms with Crippen LogP contribution in [-0.4, -0.2) is 16.6 Å². The van der Waals surface area contributed by atoms with Gasteiger partial charge >= 0.3 is 0 Å². The van der Waals surface area contributed by atoms with E-state index >= 15 is 0 Å². The monoisotopic (exact) mass is 497 g/mol. The van der Waals surface area contributed by atoms with Crippen molar-refractivity contribution in [3.63, 3.8) is 0 Å². The van der Waals surface area contributed by atoms with Crippen molar-refractivity contribution in [2.75, 3.05) is 0 Å². The number of halogens is 2. The molecular weight excluding hydrogens is 472 g/mol. The van der Waals surface area contributed by atoms with E-state index in [0.717, 1.165) is 16.8 Å². The number of hydrogen-bond acceptors (Lipinski definition) is 4. The van der Waals surface area contributed by atoms with Crippen LogP contribution < -0.4 is 5.32 Å². The van der Waals surface area contributed by atoms with Crippen molar-refractivity contribution in [1.29, 1.82) is 0 Å². The molecule has 2 atom stereocenters. The Hall–Kier alpha value is -4.39. The fourth-order valence-corrected chi connectivity index (χ4v) is 4.32. The van der Waals surface area contributed by atoms with Gasteiger partial charge in [-0.2, -0.15) is 0 Å². The fraction of sp³-hybridized carbons (Fsp3) is 0.167. The quantitative estimate of drug-likeness (QED) is 0.323. The Labute approximate surface area is 213 Å². The van der Waals surface area contributed by atoms with E-state index in [1.807, 2.05) is 44.2 Å². The highest BCUT2D eigenvalue weighted by Gasteiger charge is 2.26. The highest BCUT2D eigenvalue weighted by molar-refractivity contribution is 6.05. The summed E-state index contributed by atoms with van der Waals surface area (Å²) in [5.74, 6) is -1.06. The molecular formula is C30H25F2N3O2. The Morgan fingerprint density at radius 1 is 1.00 bits per heavy atom. The molecule has 5 nitrogen and oxygen atoms in total. The van der Waals surface area contributed by atoms with Crippen LogP contribution in [0.2, 0.25) is 0 Å². The predicted octanol–water partition coefficient (Wildman–Crippen LogP) is 6.69. The second-order valence-corrected chi connectivity index (χ2v) is 9.12. The summed E-state index contributed by atoms with van der Waals surface area (Å²) in [6.45, 7) is 3.64. The van der Waals surface area contributed by atoms with Gasteiger partial charge in [-0.15, -0.1) is 0 Å². The van der Waals surface area contributed by atoms with Gasteiger partial charge in [0.1, 0.15) is 11.6 Å². The Kier molecular flexibility index (Phi) is 6.77. The number of aryl methyl sites for hydroxylation is 1. The molecule has 1 unspecified atom stereocenters. The van der Waals surface area contributed by atoms with E-state index in [1.165, 1.54) is 18.2 Å². The third-order valence-corrected chi connectivity index (χ3v) is 6.37. The van der Waals surface area contributed by atoms with E-state index in [1.54, 1.807) is 36.5 Å². The number of carbonyl (C=O) groups excluding carboxylic acids is 1. The summed E-state index contributed by atoms with van der Waals surface area (Å²) in [5.41, 5.74) is 4.92. The smallest absolute Gasteiger partial charge is 0.251 e. The van der Waals surface area contributed by atoms with E-state index in [9.17, 15) is 13.6 Å². The normalized spacial score (nSPS) is 15.6. The molecule has 0 aliphatic carbocycles. The molecule has 1 aliphatic rings. The van der Waals surface area contributed by atoms with Crippen LogP contribution in [0.4, 0.5) is 8.78 Å². The largest absolute Gasteiger partial charge is 0.385 e. The van der Waals surface area contributed by atoms with Crippen LogP contribution in [0.15, 0.2) is 90.2 Å². The molecule has 0 fully saturated rings. The van der Waals surface area contributed by atoms with Gasteiger partial charge < -0.3 is 10.2 Å². The Balaban J connectivity index is 1.48. The summed E-state index contributed by atoms with van der Waals surface area (Å²) >= 11 is 0. The summed E-state index contributed by atoms with van der Waals surface area (Å²) in [4.78, 5) is 23.3. The Morgan fingerprint density at radius 2 is 1.78 bits per heavy atom. The SMILES string of the molecule is Cc1ccc(-c2cc(C(=O)N[C@H](C)c3ccc(F)cc3)cc(C3=NOC(c4ccccn4)C3)c2)c(F)c1. The van der Waals surface area contributed by atoms with Gasteiger partial charge in [0.05, 0.1) is 17.4 Å². The standard InChI is InChI=1S/C30H25F2N3O2/c1-18-6-11-25(26(32)13-18)21-14-22(28-17-29(37-35-28)27-5-3-4-12-33-27)16-23(15-21)30(36)34-19(2)20-7-9-24(31)10-8-20/h3-16,19,29H,17H2,1-2H3,(H,34,36)/t19-,29?/m1/s1. The van der Waals surface area contributed by atoms with Crippen LogP contribution in [0.25, 0.3) is 11.1 Å². The van der Waals surface area contributed by atoms with Crippen molar-refractivity contribution >= 4 is 11.6 Å². The van der Waals surface area contributed by atoms with Gasteiger partial charge in [0.25, 0.3) is 5.91 Å². The van der Waals surface area contributed by atoms with E-state index in [-0.39, 0.29) is 29.7 Å². The number of benzene rings is 3. The van der Waals surface area contributed by atoms with Crippen molar-refractivity contribution in [2.24, 2.45) is 5.16 Å². The zero-order chi connectivity index (χ0) is 25.9. The van der Waals surface area contributed by atoms with Gasteiger partial charge in [-0.25, -0.2) is 8.78 Å². The molecule has 5 rings (SSSR count). The van der Waals surface area contributed by atoms with Gasteiger partial charge in [-0.05, 0) is 79.1 Å². The summed E-state index contributed by atoms with van der Waals surface area (Å²) < 4.78 is 28.3. The highest BCUT2D eigenvalue weighted by Crippen LogP contribution is 2.32. The Bertz CT molecular complexity index is 1470. The number of nitrogens with zero attached hydrogens (tertiary/aromatic N) is 2. The summed E-state index contributed by atoms with van der Waals surface area (Å²) in [7, 11) is 0. The van der Waals surface area contributed by atoms with E-state index in [2.05, 4.69) is 15.5 Å². The predicted molar refractivity (Wildman–Crippen MR) is 138 cm³/mol. The van der Waals surface area contributed by atoms with Crippen molar-refractivity contribution in [3.05, 3.63) is 125 Å². The van der Waals surface area contributed by atoms with Crippen LogP contribution in [0.1, 0.15) is 58.2 Å². The molecule has 2 heterocycles. The van der Waals surface area contributed by atoms with Gasteiger partial charge in [-0.3, -0.25) is 9.78 Å². The molecule has 0 radical (unpaired) electrons. The second kappa shape index (κ2) is 10.3. The lowest BCUT2D eigenvalue weighted by atomic mass is 9.94. The van der Waals surface area contributed by atoms with E-state index in [0.29, 0.717) is 34.4 Å². The number of aromatic nitrogens is 1. The first-order chi connectivity index (χ1) is 17.9. The molecule has 0 spiro atoms. The molecule has 0 saturated carbocycles. The van der Waals surface area contributed by atoms with Crippen molar-refractivity contribution in [2.45, 2.75) is 32.4 Å². The fourth-order valence-electron chi connectivity index (χ4n) is 4.32. The molecule has 1 N–H and O–H groups in total. The summed E-state index contributed by atoms with van der Waals surface area (Å²) in [6, 6.07) is 21.4. The molecule has 0 saturated heterocycles. The molecule has 7 heteroatoms. The number of nitrogens with one attached hydrogen (secondary N) is 1. The van der Waals surface area contributed by atoms with E-state index in [4.69, 9.17) is 4.84 Å².